The van der Waals surface area contributed by atoms with Crippen LogP contribution < -0.4 is 10.2 Å². The molecule has 0 saturated heterocycles. The molecule has 0 saturated carbocycles. The maximum Gasteiger partial charge on any atom is 0.259 e. The normalized spacial score (nSPS) is 19.2. The number of hydrogen-bond donors (Lipinski definition) is 1. The number of para-hydroxylation sites is 2. The van der Waals surface area contributed by atoms with E-state index in [1.54, 1.807) is 0 Å². The molecule has 3 aromatic rings. The van der Waals surface area contributed by atoms with Crippen molar-refractivity contribution in [1.29, 1.82) is 0 Å². The number of nitrogens with zero attached hydrogens (tertiary/aromatic N) is 1. The highest BCUT2D eigenvalue weighted by molar-refractivity contribution is 6.12. The maximum absolute atomic E-state index is 14.2. The second-order valence-electron chi connectivity index (χ2n) is 11.8. The first-order valence-electron chi connectivity index (χ1n) is 12.7. The fourth-order valence-electron chi connectivity index (χ4n) is 5.41. The van der Waals surface area contributed by atoms with Crippen LogP contribution in [0.2, 0.25) is 0 Å². The van der Waals surface area contributed by atoms with Gasteiger partial charge in [0.05, 0.1) is 17.4 Å². The van der Waals surface area contributed by atoms with Crippen LogP contribution in [0.4, 0.5) is 11.4 Å². The van der Waals surface area contributed by atoms with Crippen LogP contribution in [-0.2, 0) is 10.2 Å². The van der Waals surface area contributed by atoms with Gasteiger partial charge in [0.15, 0.2) is 5.78 Å². The Morgan fingerprint density at radius 3 is 2.19 bits per heavy atom. The van der Waals surface area contributed by atoms with Crippen LogP contribution in [-0.4, -0.2) is 11.7 Å². The minimum absolute atomic E-state index is 0.00476. The highest BCUT2D eigenvalue weighted by Gasteiger charge is 2.43. The number of carbonyl (C=O) groups is 2. The van der Waals surface area contributed by atoms with Crippen LogP contribution in [0, 0.1) is 5.41 Å². The first kappa shape index (κ1) is 24.1. The number of carbonyl (C=O) groups excluding carboxylic acids is 2. The van der Waals surface area contributed by atoms with Crippen LogP contribution in [0.5, 0.6) is 0 Å². The number of ketones is 1. The summed E-state index contributed by atoms with van der Waals surface area (Å²) >= 11 is 0. The molecule has 0 bridgehead atoms. The number of benzene rings is 3. The Bertz CT molecular complexity index is 1340. The molecule has 0 spiro atoms. The van der Waals surface area contributed by atoms with Crippen molar-refractivity contribution in [2.75, 3.05) is 10.2 Å². The second kappa shape index (κ2) is 8.77. The highest BCUT2D eigenvalue weighted by atomic mass is 16.2. The molecule has 2 aliphatic rings. The van der Waals surface area contributed by atoms with Gasteiger partial charge in [-0.2, -0.15) is 0 Å². The molecule has 1 heterocycles. The van der Waals surface area contributed by atoms with Gasteiger partial charge < -0.3 is 5.32 Å². The molecule has 1 N–H and O–H groups in total. The first-order chi connectivity index (χ1) is 17.0. The minimum atomic E-state index is -0.526. The highest BCUT2D eigenvalue weighted by Crippen LogP contribution is 2.48. The van der Waals surface area contributed by atoms with Crippen LogP contribution in [0.15, 0.2) is 90.1 Å². The molecule has 1 amide bonds. The standard InChI is InChI=1S/C32H34N2O2/c1-31(2,3)23-17-15-21(16-18-23)29-28-25(19-32(4,5)20-27(28)35)33-24-13-9-10-14-26(24)34(29)30(36)22-11-7-6-8-12-22/h6-18,29,33H,19-20H2,1-5H3/t29-/m1/s1. The number of rotatable bonds is 2. The summed E-state index contributed by atoms with van der Waals surface area (Å²) in [5.41, 5.74) is 5.81. The molecular weight excluding hydrogens is 444 g/mol. The summed E-state index contributed by atoms with van der Waals surface area (Å²) in [5.74, 6) is -0.0292. The average Bonchev–Trinajstić information content (AvgIpc) is 2.97. The van der Waals surface area contributed by atoms with Gasteiger partial charge in [0.2, 0.25) is 0 Å². The Balaban J connectivity index is 1.77. The van der Waals surface area contributed by atoms with E-state index in [4.69, 9.17) is 0 Å². The Morgan fingerprint density at radius 2 is 1.53 bits per heavy atom. The van der Waals surface area contributed by atoms with E-state index in [1.807, 2.05) is 59.5 Å². The van der Waals surface area contributed by atoms with Gasteiger partial charge in [0.1, 0.15) is 0 Å². The van der Waals surface area contributed by atoms with Crippen LogP contribution in [0.3, 0.4) is 0 Å². The molecule has 1 atom stereocenters. The van der Waals surface area contributed by atoms with Gasteiger partial charge in [-0.05, 0) is 52.6 Å². The minimum Gasteiger partial charge on any atom is -0.357 e. The van der Waals surface area contributed by atoms with Crippen molar-refractivity contribution in [3.05, 3.63) is 107 Å². The van der Waals surface area contributed by atoms with E-state index in [2.05, 4.69) is 64.2 Å². The molecule has 0 unspecified atom stereocenters. The summed E-state index contributed by atoms with van der Waals surface area (Å²) in [6.07, 6.45) is 1.19. The summed E-state index contributed by atoms with van der Waals surface area (Å²) in [4.78, 5) is 29.8. The predicted molar refractivity (Wildman–Crippen MR) is 146 cm³/mol. The Kier molecular flexibility index (Phi) is 5.86. The lowest BCUT2D eigenvalue weighted by molar-refractivity contribution is -0.118. The fourth-order valence-corrected chi connectivity index (χ4v) is 5.41. The summed E-state index contributed by atoms with van der Waals surface area (Å²) in [6, 6.07) is 25.1. The van der Waals surface area contributed by atoms with Gasteiger partial charge in [-0.3, -0.25) is 14.5 Å². The van der Waals surface area contributed by atoms with Crippen molar-refractivity contribution >= 4 is 23.1 Å². The summed E-state index contributed by atoms with van der Waals surface area (Å²) in [7, 11) is 0. The van der Waals surface area contributed by atoms with E-state index in [0.717, 1.165) is 29.1 Å². The summed E-state index contributed by atoms with van der Waals surface area (Å²) < 4.78 is 0. The van der Waals surface area contributed by atoms with E-state index in [1.165, 1.54) is 5.56 Å². The van der Waals surface area contributed by atoms with Crippen LogP contribution in [0.1, 0.15) is 75.0 Å². The molecule has 184 valence electrons. The third kappa shape index (κ3) is 4.37. The van der Waals surface area contributed by atoms with Gasteiger partial charge in [-0.15, -0.1) is 0 Å². The van der Waals surface area contributed by atoms with Crippen LogP contribution in [0.25, 0.3) is 0 Å². The summed E-state index contributed by atoms with van der Waals surface area (Å²) in [5, 5.41) is 3.58. The molecular formula is C32H34N2O2. The number of Topliss-reactive ketones (excluding diaryl/α,β-unsaturated/α-hetero) is 1. The quantitative estimate of drug-likeness (QED) is 0.416. The van der Waals surface area contributed by atoms with E-state index < -0.39 is 6.04 Å². The van der Waals surface area contributed by atoms with Crippen molar-refractivity contribution in [3.8, 4) is 0 Å². The maximum atomic E-state index is 14.2. The second-order valence-corrected chi connectivity index (χ2v) is 11.8. The number of allylic oxidation sites excluding steroid dienone is 1. The molecule has 1 aliphatic heterocycles. The van der Waals surface area contributed by atoms with E-state index in [9.17, 15) is 9.59 Å². The fraction of sp³-hybridized carbons (Fsp3) is 0.312. The summed E-state index contributed by atoms with van der Waals surface area (Å²) in [6.45, 7) is 10.8. The zero-order chi connectivity index (χ0) is 25.7. The number of nitrogens with one attached hydrogen (secondary N) is 1. The first-order valence-corrected chi connectivity index (χ1v) is 12.7. The molecule has 0 radical (unpaired) electrons. The Hall–Kier alpha value is -3.66. The van der Waals surface area contributed by atoms with Crippen molar-refractivity contribution in [3.63, 3.8) is 0 Å². The largest absolute Gasteiger partial charge is 0.357 e. The Morgan fingerprint density at radius 1 is 0.889 bits per heavy atom. The van der Waals surface area contributed by atoms with Crippen molar-refractivity contribution in [1.82, 2.24) is 0 Å². The SMILES string of the molecule is CC1(C)CC(=O)C2=C(C1)Nc1ccccc1N(C(=O)c1ccccc1)[C@@H]2c1ccc(C(C)(C)C)cc1. The molecule has 0 fully saturated rings. The van der Waals surface area contributed by atoms with Gasteiger partial charge in [0, 0.05) is 23.3 Å². The van der Waals surface area contributed by atoms with E-state index in [0.29, 0.717) is 17.6 Å². The zero-order valence-corrected chi connectivity index (χ0v) is 21.8. The van der Waals surface area contributed by atoms with Crippen molar-refractivity contribution < 1.29 is 9.59 Å². The molecule has 36 heavy (non-hydrogen) atoms. The number of anilines is 2. The molecule has 1 aliphatic carbocycles. The van der Waals surface area contributed by atoms with E-state index in [-0.39, 0.29) is 22.5 Å². The molecule has 5 rings (SSSR count). The number of fused-ring (bicyclic) bond motifs is 1. The van der Waals surface area contributed by atoms with Crippen LogP contribution >= 0.6 is 0 Å². The van der Waals surface area contributed by atoms with Crippen molar-refractivity contribution in [2.24, 2.45) is 5.41 Å². The lowest BCUT2D eigenvalue weighted by Gasteiger charge is -2.37. The van der Waals surface area contributed by atoms with Gasteiger partial charge in [-0.25, -0.2) is 0 Å². The molecule has 3 aromatic carbocycles. The lowest BCUT2D eigenvalue weighted by Crippen LogP contribution is -2.39. The monoisotopic (exact) mass is 478 g/mol. The lowest BCUT2D eigenvalue weighted by atomic mass is 9.73. The van der Waals surface area contributed by atoms with Gasteiger partial charge in [0.25, 0.3) is 5.91 Å². The topological polar surface area (TPSA) is 49.4 Å². The average molecular weight is 479 g/mol. The zero-order valence-electron chi connectivity index (χ0n) is 21.8. The molecule has 4 heteroatoms. The Labute approximate surface area is 214 Å². The van der Waals surface area contributed by atoms with E-state index >= 15 is 0 Å². The number of amides is 1. The predicted octanol–water partition coefficient (Wildman–Crippen LogP) is 7.44. The smallest absolute Gasteiger partial charge is 0.259 e. The van der Waals surface area contributed by atoms with Gasteiger partial charge in [-0.1, -0.05) is 89.2 Å². The third-order valence-electron chi connectivity index (χ3n) is 7.23. The van der Waals surface area contributed by atoms with Gasteiger partial charge >= 0.3 is 0 Å². The number of hydrogen-bond acceptors (Lipinski definition) is 3. The molecule has 0 aromatic heterocycles. The molecule has 4 nitrogen and oxygen atoms in total. The van der Waals surface area contributed by atoms with Crippen molar-refractivity contribution in [2.45, 2.75) is 58.9 Å². The third-order valence-corrected chi connectivity index (χ3v) is 7.23.